The van der Waals surface area contributed by atoms with Crippen molar-refractivity contribution in [2.24, 2.45) is 5.92 Å². The zero-order valence-electron chi connectivity index (χ0n) is 21.0. The first-order valence-corrected chi connectivity index (χ1v) is 15.3. The number of ether oxygens (including phenoxy) is 2. The van der Waals surface area contributed by atoms with Crippen LogP contribution in [0.15, 0.2) is 29.2 Å². The molecule has 11 heteroatoms. The number of rotatable bonds is 8. The molecule has 2 unspecified atom stereocenters. The van der Waals surface area contributed by atoms with E-state index in [4.69, 9.17) is 21.1 Å². The largest absolute Gasteiger partial charge is 0.441 e. The van der Waals surface area contributed by atoms with E-state index in [1.54, 1.807) is 33.5 Å². The lowest BCUT2D eigenvalue weighted by molar-refractivity contribution is -0.0764. The summed E-state index contributed by atoms with van der Waals surface area (Å²) in [4.78, 5) is 17.7. The second-order valence-electron chi connectivity index (χ2n) is 11.4. The Bertz CT molecular complexity index is 1100. The zero-order chi connectivity index (χ0) is 25.8. The molecule has 0 radical (unpaired) electrons. The monoisotopic (exact) mass is 553 g/mol. The van der Waals surface area contributed by atoms with Gasteiger partial charge in [-0.15, -0.1) is 0 Å². The maximum Gasteiger partial charge on any atom is 0.410 e. The van der Waals surface area contributed by atoms with E-state index in [1.165, 1.54) is 0 Å². The number of benzene rings is 1. The number of hydrogen-bond acceptors (Lipinski definition) is 7. The number of nitrogens with zero attached hydrogens (tertiary/aromatic N) is 3. The van der Waals surface area contributed by atoms with Crippen molar-refractivity contribution in [2.45, 2.75) is 79.6 Å². The van der Waals surface area contributed by atoms with Gasteiger partial charge in [-0.2, -0.15) is 4.31 Å². The summed E-state index contributed by atoms with van der Waals surface area (Å²) in [6.45, 7) is 2.44. The summed E-state index contributed by atoms with van der Waals surface area (Å²) in [6, 6.07) is 5.89. The van der Waals surface area contributed by atoms with Crippen LogP contribution in [0.5, 0.6) is 0 Å². The summed E-state index contributed by atoms with van der Waals surface area (Å²) < 4.78 is 41.9. The Morgan fingerprint density at radius 3 is 2.35 bits per heavy atom. The normalized spacial score (nSPS) is 31.9. The summed E-state index contributed by atoms with van der Waals surface area (Å²) in [5.74, 6) is 0.513. The lowest BCUT2D eigenvalue weighted by Crippen LogP contribution is -2.62. The molecule has 0 spiro atoms. The average molecular weight is 554 g/mol. The Morgan fingerprint density at radius 1 is 1.08 bits per heavy atom. The van der Waals surface area contributed by atoms with Gasteiger partial charge in [0.1, 0.15) is 5.60 Å². The van der Waals surface area contributed by atoms with Crippen molar-refractivity contribution in [3.63, 3.8) is 0 Å². The van der Waals surface area contributed by atoms with Gasteiger partial charge in [0.15, 0.2) is 0 Å². The minimum atomic E-state index is -3.86. The highest BCUT2D eigenvalue weighted by Crippen LogP contribution is 2.49. The van der Waals surface area contributed by atoms with Crippen molar-refractivity contribution in [3.8, 4) is 0 Å². The first-order chi connectivity index (χ1) is 17.8. The van der Waals surface area contributed by atoms with Crippen LogP contribution in [0, 0.1) is 5.92 Å². The smallest absolute Gasteiger partial charge is 0.410 e. The van der Waals surface area contributed by atoms with Crippen molar-refractivity contribution < 1.29 is 27.8 Å². The van der Waals surface area contributed by atoms with E-state index < -0.39 is 21.7 Å². The van der Waals surface area contributed by atoms with Crippen LogP contribution >= 0.6 is 11.6 Å². The third-order valence-corrected chi connectivity index (χ3v) is 11.1. The molecule has 1 aromatic carbocycles. The molecule has 5 fully saturated rings. The van der Waals surface area contributed by atoms with E-state index >= 15 is 0 Å². The number of aliphatic hydroxyl groups excluding tert-OH is 1. The first-order valence-electron chi connectivity index (χ1n) is 13.5. The minimum Gasteiger partial charge on any atom is -0.441 e. The molecular formula is C26H36ClN3O6S. The Balaban J connectivity index is 1.23. The summed E-state index contributed by atoms with van der Waals surface area (Å²) in [7, 11) is -3.86. The number of aliphatic hydroxyl groups is 1. The number of sulfonamides is 1. The van der Waals surface area contributed by atoms with Gasteiger partial charge >= 0.3 is 6.09 Å². The number of amides is 1. The van der Waals surface area contributed by atoms with Gasteiger partial charge in [0.2, 0.25) is 10.0 Å². The van der Waals surface area contributed by atoms with Gasteiger partial charge in [-0.25, -0.2) is 13.2 Å². The van der Waals surface area contributed by atoms with Crippen LogP contribution in [0.2, 0.25) is 5.02 Å². The Hall–Kier alpha value is -1.43. The van der Waals surface area contributed by atoms with Crippen LogP contribution in [-0.4, -0.2) is 103 Å². The third-order valence-electron chi connectivity index (χ3n) is 8.83. The molecule has 3 heterocycles. The highest BCUT2D eigenvalue weighted by molar-refractivity contribution is 7.89. The van der Waals surface area contributed by atoms with Gasteiger partial charge in [0.25, 0.3) is 0 Å². The molecule has 1 amide bonds. The van der Waals surface area contributed by atoms with E-state index in [-0.39, 0.29) is 42.3 Å². The fourth-order valence-electron chi connectivity index (χ4n) is 6.59. The molecule has 6 rings (SSSR count). The fraction of sp³-hybridized carbons (Fsp3) is 0.731. The Kier molecular flexibility index (Phi) is 6.95. The van der Waals surface area contributed by atoms with Gasteiger partial charge < -0.3 is 19.5 Å². The molecule has 37 heavy (non-hydrogen) atoms. The summed E-state index contributed by atoms with van der Waals surface area (Å²) in [5.41, 5.74) is -0.875. The molecule has 3 aliphatic heterocycles. The van der Waals surface area contributed by atoms with Crippen molar-refractivity contribution in [1.82, 2.24) is 14.1 Å². The highest BCUT2D eigenvalue weighted by Gasteiger charge is 2.61. The predicted octanol–water partition coefficient (Wildman–Crippen LogP) is 2.71. The lowest BCUT2D eigenvalue weighted by Gasteiger charge is -2.45. The maximum atomic E-state index is 14.0. The van der Waals surface area contributed by atoms with Crippen LogP contribution in [0.4, 0.5) is 4.79 Å². The van der Waals surface area contributed by atoms with Crippen LogP contribution < -0.4 is 0 Å². The topological polar surface area (TPSA) is 99.6 Å². The summed E-state index contributed by atoms with van der Waals surface area (Å²) >= 11 is 6.04. The first kappa shape index (κ1) is 25.8. The fourth-order valence-corrected chi connectivity index (χ4v) is 8.56. The van der Waals surface area contributed by atoms with E-state index in [2.05, 4.69) is 4.90 Å². The van der Waals surface area contributed by atoms with Crippen LogP contribution in [0.1, 0.15) is 44.9 Å². The predicted molar refractivity (Wildman–Crippen MR) is 137 cm³/mol. The van der Waals surface area contributed by atoms with Crippen molar-refractivity contribution in [1.29, 1.82) is 0 Å². The van der Waals surface area contributed by atoms with Crippen LogP contribution in [-0.2, 0) is 19.5 Å². The number of halogens is 1. The second kappa shape index (κ2) is 9.95. The van der Waals surface area contributed by atoms with E-state index in [0.29, 0.717) is 50.0 Å². The Labute approximate surface area is 223 Å². The number of hydrogen-bond donors (Lipinski definition) is 1. The number of likely N-dealkylation sites (tertiary alicyclic amines) is 1. The maximum absolute atomic E-state index is 14.0. The molecular weight excluding hydrogens is 518 g/mol. The molecule has 1 N–H and O–H groups in total. The van der Waals surface area contributed by atoms with Crippen molar-refractivity contribution in [3.05, 3.63) is 29.3 Å². The molecule has 2 aliphatic carbocycles. The average Bonchev–Trinajstić information content (AvgIpc) is 3.80. The lowest BCUT2D eigenvalue weighted by atomic mass is 10.0. The standard InChI is InChI=1S/C26H36ClN3O6S/c27-19-3-7-23(8-4-19)37(33,34)30-22(13-18-1-2-18)16-35-17-24(30)26(9-10-26)36-25(32)28-14-20-5-6-21(15-28)29(20)11-12-31/h3-4,7-8,18,20-22,24,31H,1-2,5-6,9-17H2/t20?,21?,22-,24-/m1/s1. The molecule has 4 atom stereocenters. The SMILES string of the molecule is O=C(OC1([C@H]2COC[C@@H](CC3CC3)N2S(=O)(=O)c2ccc(Cl)cc2)CC1)N1CC2CCC(C1)N2CCO. The number of piperazine rings is 1. The number of morpholine rings is 1. The van der Waals surface area contributed by atoms with Crippen molar-refractivity contribution >= 4 is 27.7 Å². The van der Waals surface area contributed by atoms with E-state index in [0.717, 1.165) is 32.1 Å². The van der Waals surface area contributed by atoms with Gasteiger partial charge in [-0.3, -0.25) is 4.90 Å². The van der Waals surface area contributed by atoms with E-state index in [9.17, 15) is 18.3 Å². The van der Waals surface area contributed by atoms with Crippen molar-refractivity contribution in [2.75, 3.05) is 39.5 Å². The molecule has 9 nitrogen and oxygen atoms in total. The molecule has 5 aliphatic rings. The molecule has 3 saturated heterocycles. The molecule has 1 aromatic rings. The van der Waals surface area contributed by atoms with E-state index in [1.807, 2.05) is 0 Å². The Morgan fingerprint density at radius 2 is 1.76 bits per heavy atom. The summed E-state index contributed by atoms with van der Waals surface area (Å²) in [6.07, 6.45) is 5.86. The number of fused-ring (bicyclic) bond motifs is 2. The van der Waals surface area contributed by atoms with Gasteiger partial charge in [0, 0.05) is 42.8 Å². The molecule has 0 aromatic heterocycles. The molecule has 2 bridgehead atoms. The summed E-state index contributed by atoms with van der Waals surface area (Å²) in [5, 5.41) is 9.89. The van der Waals surface area contributed by atoms with Gasteiger partial charge in [0.05, 0.1) is 30.8 Å². The number of carbonyl (C=O) groups is 1. The molecule has 204 valence electrons. The van der Waals surface area contributed by atoms with Crippen LogP contribution in [0.3, 0.4) is 0 Å². The minimum absolute atomic E-state index is 0.113. The zero-order valence-corrected chi connectivity index (χ0v) is 22.6. The molecule has 2 saturated carbocycles. The highest BCUT2D eigenvalue weighted by atomic mass is 35.5. The third kappa shape index (κ3) is 5.01. The second-order valence-corrected chi connectivity index (χ2v) is 13.6. The van der Waals surface area contributed by atoms with Crippen LogP contribution in [0.25, 0.3) is 0 Å². The number of carbonyl (C=O) groups excluding carboxylic acids is 1. The quantitative estimate of drug-likeness (QED) is 0.528. The van der Waals surface area contributed by atoms with Gasteiger partial charge in [-0.1, -0.05) is 24.4 Å². The van der Waals surface area contributed by atoms with Gasteiger partial charge in [-0.05, 0) is 62.3 Å².